The Balaban J connectivity index is 1.66. The molecule has 0 aliphatic carbocycles. The largest absolute Gasteiger partial charge is 0.340 e. The second-order valence-electron chi connectivity index (χ2n) is 6.56. The lowest BCUT2D eigenvalue weighted by molar-refractivity contribution is 0.121. The zero-order chi connectivity index (χ0) is 19.0. The number of rotatable bonds is 5. The lowest BCUT2D eigenvalue weighted by Crippen LogP contribution is -2.19. The Morgan fingerprint density at radius 1 is 1.11 bits per heavy atom. The second kappa shape index (κ2) is 7.01. The Kier molecular flexibility index (Phi) is 4.54. The lowest BCUT2D eigenvalue weighted by atomic mass is 10.4. The van der Waals surface area contributed by atoms with Gasteiger partial charge in [0.1, 0.15) is 6.54 Å². The Morgan fingerprint density at radius 3 is 2.59 bits per heavy atom. The van der Waals surface area contributed by atoms with E-state index in [2.05, 4.69) is 25.1 Å². The number of aromatic nitrogens is 7. The first-order chi connectivity index (χ1) is 13.0. The topological polar surface area (TPSA) is 77.0 Å². The Hall–Kier alpha value is -2.91. The monoisotopic (exact) mass is 374 g/mol. The summed E-state index contributed by atoms with van der Waals surface area (Å²) in [6, 6.07) is 0. The molecule has 8 nitrogen and oxygen atoms in total. The molecule has 4 rings (SSSR count). The molecule has 1 aliphatic heterocycles. The van der Waals surface area contributed by atoms with Crippen LogP contribution in [0.1, 0.15) is 35.9 Å². The highest BCUT2D eigenvalue weighted by Gasteiger charge is 2.19. The van der Waals surface area contributed by atoms with Crippen molar-refractivity contribution in [2.45, 2.75) is 39.7 Å². The van der Waals surface area contributed by atoms with Crippen molar-refractivity contribution in [1.82, 2.24) is 34.3 Å². The van der Waals surface area contributed by atoms with Crippen LogP contribution >= 0.6 is 0 Å². The highest BCUT2D eigenvalue weighted by atomic mass is 19.3. The normalized spacial score (nSPS) is 15.1. The van der Waals surface area contributed by atoms with Gasteiger partial charge in [-0.3, -0.25) is 4.98 Å². The molecular formula is C17H20F2N8. The molecule has 10 heteroatoms. The zero-order valence-electron chi connectivity index (χ0n) is 15.2. The number of fused-ring (bicyclic) bond motifs is 1. The third-order valence-corrected chi connectivity index (χ3v) is 4.50. The predicted octanol–water partition coefficient (Wildman–Crippen LogP) is 2.37. The van der Waals surface area contributed by atoms with Crippen molar-refractivity contribution >= 4 is 23.7 Å². The first kappa shape index (κ1) is 17.5. The minimum absolute atomic E-state index is 0.364. The fraction of sp³-hybridized carbons (Fsp3) is 0.471. The van der Waals surface area contributed by atoms with E-state index in [9.17, 15) is 8.78 Å². The van der Waals surface area contributed by atoms with Crippen molar-refractivity contribution in [2.24, 2.45) is 0 Å². The molecule has 0 saturated carbocycles. The average Bonchev–Trinajstić information content (AvgIpc) is 3.35. The standard InChI is InChI=1S/C17H20F2N8/c1-11-9-20-12(2)16-21-14(23-27(11)16)5-6-15-22-17(25-7-3-4-8-25)24-26(15)10-13(18)19/h5-6,9,13H,3-4,7-8,10H2,1-2H3. The number of aryl methyl sites for hydroxylation is 2. The molecule has 142 valence electrons. The van der Waals surface area contributed by atoms with E-state index >= 15 is 0 Å². The summed E-state index contributed by atoms with van der Waals surface area (Å²) in [7, 11) is 0. The highest BCUT2D eigenvalue weighted by molar-refractivity contribution is 5.65. The first-order valence-corrected chi connectivity index (χ1v) is 8.86. The summed E-state index contributed by atoms with van der Waals surface area (Å²) in [6.07, 6.45) is 4.63. The highest BCUT2D eigenvalue weighted by Crippen LogP contribution is 2.18. The van der Waals surface area contributed by atoms with Crippen molar-refractivity contribution in [3.05, 3.63) is 29.2 Å². The molecule has 0 unspecified atom stereocenters. The smallest absolute Gasteiger partial charge is 0.258 e. The molecule has 3 aromatic heterocycles. The lowest BCUT2D eigenvalue weighted by Gasteiger charge is -2.10. The molecular weight excluding hydrogens is 354 g/mol. The van der Waals surface area contributed by atoms with Crippen LogP contribution in [0.15, 0.2) is 6.20 Å². The van der Waals surface area contributed by atoms with Gasteiger partial charge in [-0.1, -0.05) is 0 Å². The minimum atomic E-state index is -2.50. The van der Waals surface area contributed by atoms with Crippen molar-refractivity contribution in [3.63, 3.8) is 0 Å². The van der Waals surface area contributed by atoms with Gasteiger partial charge in [0.15, 0.2) is 17.3 Å². The Morgan fingerprint density at radius 2 is 1.89 bits per heavy atom. The van der Waals surface area contributed by atoms with Gasteiger partial charge in [0, 0.05) is 19.3 Å². The number of halogens is 2. The maximum atomic E-state index is 12.9. The molecule has 0 atom stereocenters. The molecule has 0 aromatic carbocycles. The van der Waals surface area contributed by atoms with Gasteiger partial charge in [-0.15, -0.1) is 10.2 Å². The van der Waals surface area contributed by atoms with Gasteiger partial charge in [-0.25, -0.2) is 23.0 Å². The maximum Gasteiger partial charge on any atom is 0.258 e. The number of hydrogen-bond donors (Lipinski definition) is 0. The van der Waals surface area contributed by atoms with Gasteiger partial charge < -0.3 is 4.90 Å². The van der Waals surface area contributed by atoms with E-state index in [1.807, 2.05) is 18.7 Å². The summed E-state index contributed by atoms with van der Waals surface area (Å²) in [5.74, 6) is 1.32. The zero-order valence-corrected chi connectivity index (χ0v) is 15.2. The van der Waals surface area contributed by atoms with Crippen molar-refractivity contribution < 1.29 is 8.78 Å². The van der Waals surface area contributed by atoms with Crippen molar-refractivity contribution in [2.75, 3.05) is 18.0 Å². The fourth-order valence-electron chi connectivity index (χ4n) is 3.11. The number of alkyl halides is 2. The van der Waals surface area contributed by atoms with Crippen LogP contribution in [0.2, 0.25) is 0 Å². The molecule has 27 heavy (non-hydrogen) atoms. The third-order valence-electron chi connectivity index (χ3n) is 4.50. The van der Waals surface area contributed by atoms with Gasteiger partial charge in [0.25, 0.3) is 6.43 Å². The SMILES string of the molecule is Cc1ncc(C)n2nc(C=Cc3nc(N4CCCC4)nn3CC(F)F)nc12. The van der Waals surface area contributed by atoms with Crippen LogP contribution in [0.25, 0.3) is 17.8 Å². The Labute approximate surface area is 154 Å². The fourth-order valence-corrected chi connectivity index (χ4v) is 3.11. The van der Waals surface area contributed by atoms with Gasteiger partial charge in [-0.05, 0) is 38.8 Å². The molecule has 0 amide bonds. The molecule has 0 spiro atoms. The molecule has 1 saturated heterocycles. The van der Waals surface area contributed by atoms with Gasteiger partial charge in [-0.2, -0.15) is 4.98 Å². The second-order valence-corrected chi connectivity index (χ2v) is 6.56. The minimum Gasteiger partial charge on any atom is -0.340 e. The molecule has 0 radical (unpaired) electrons. The van der Waals surface area contributed by atoms with Crippen LogP contribution < -0.4 is 4.90 Å². The molecule has 3 aromatic rings. The summed E-state index contributed by atoms with van der Waals surface area (Å²) in [6.45, 7) is 4.95. The first-order valence-electron chi connectivity index (χ1n) is 8.86. The Bertz CT molecular complexity index is 945. The van der Waals surface area contributed by atoms with E-state index in [1.165, 1.54) is 4.68 Å². The quantitative estimate of drug-likeness (QED) is 0.682. The van der Waals surface area contributed by atoms with Crippen molar-refractivity contribution in [3.8, 4) is 0 Å². The number of anilines is 1. The summed E-state index contributed by atoms with van der Waals surface area (Å²) < 4.78 is 28.8. The van der Waals surface area contributed by atoms with Crippen LogP contribution in [-0.4, -0.2) is 53.9 Å². The predicted molar refractivity (Wildman–Crippen MR) is 96.7 cm³/mol. The van der Waals surface area contributed by atoms with Crippen LogP contribution in [-0.2, 0) is 6.54 Å². The van der Waals surface area contributed by atoms with E-state index in [0.29, 0.717) is 23.2 Å². The van der Waals surface area contributed by atoms with E-state index < -0.39 is 13.0 Å². The molecule has 0 N–H and O–H groups in total. The summed E-state index contributed by atoms with van der Waals surface area (Å²) in [5, 5.41) is 8.69. The molecule has 1 fully saturated rings. The average molecular weight is 374 g/mol. The summed E-state index contributed by atoms with van der Waals surface area (Å²) in [5.41, 5.74) is 2.30. The molecule has 0 bridgehead atoms. The summed E-state index contributed by atoms with van der Waals surface area (Å²) in [4.78, 5) is 15.2. The van der Waals surface area contributed by atoms with Crippen molar-refractivity contribution in [1.29, 1.82) is 0 Å². The molecule has 4 heterocycles. The number of nitrogens with zero attached hydrogens (tertiary/aromatic N) is 8. The van der Waals surface area contributed by atoms with Gasteiger partial charge in [0.2, 0.25) is 5.95 Å². The molecule has 1 aliphatic rings. The summed E-state index contributed by atoms with van der Waals surface area (Å²) >= 11 is 0. The van der Waals surface area contributed by atoms with Crippen LogP contribution in [0.3, 0.4) is 0 Å². The van der Waals surface area contributed by atoms with Gasteiger partial charge in [0.05, 0.1) is 11.4 Å². The maximum absolute atomic E-state index is 12.9. The van der Waals surface area contributed by atoms with E-state index in [0.717, 1.165) is 37.3 Å². The van der Waals surface area contributed by atoms with Gasteiger partial charge >= 0.3 is 0 Å². The van der Waals surface area contributed by atoms with Crippen LogP contribution in [0.4, 0.5) is 14.7 Å². The van der Waals surface area contributed by atoms with E-state index in [1.54, 1.807) is 22.9 Å². The van der Waals surface area contributed by atoms with E-state index in [4.69, 9.17) is 0 Å². The van der Waals surface area contributed by atoms with Crippen LogP contribution in [0.5, 0.6) is 0 Å². The number of hydrogen-bond acceptors (Lipinski definition) is 6. The van der Waals surface area contributed by atoms with Crippen LogP contribution in [0, 0.1) is 13.8 Å². The third kappa shape index (κ3) is 3.51. The van der Waals surface area contributed by atoms with E-state index in [-0.39, 0.29) is 0 Å².